The molecule has 1 saturated carbocycles. The second-order valence-corrected chi connectivity index (χ2v) is 8.14. The Morgan fingerprint density at radius 1 is 1.60 bits per heavy atom. The van der Waals surface area contributed by atoms with Crippen molar-refractivity contribution in [2.45, 2.75) is 56.7 Å². The molecule has 2 rings (SSSR count). The SMILES string of the molecule is CCSC1CCC(Nc2nc(C(C)(C)C(=O)O)cs2)C1. The van der Waals surface area contributed by atoms with E-state index in [1.807, 2.05) is 17.1 Å². The van der Waals surface area contributed by atoms with Crippen molar-refractivity contribution >= 4 is 34.2 Å². The van der Waals surface area contributed by atoms with Crippen LogP contribution in [0.4, 0.5) is 5.13 Å². The fourth-order valence-corrected chi connectivity index (χ4v) is 4.47. The molecule has 0 spiro atoms. The Kier molecular flexibility index (Phi) is 4.96. The highest BCUT2D eigenvalue weighted by Crippen LogP contribution is 2.33. The van der Waals surface area contributed by atoms with Crippen molar-refractivity contribution in [2.24, 2.45) is 0 Å². The zero-order valence-corrected chi connectivity index (χ0v) is 13.8. The van der Waals surface area contributed by atoms with Crippen LogP contribution in [0, 0.1) is 0 Å². The summed E-state index contributed by atoms with van der Waals surface area (Å²) >= 11 is 3.53. The molecule has 4 nitrogen and oxygen atoms in total. The quantitative estimate of drug-likeness (QED) is 0.840. The summed E-state index contributed by atoms with van der Waals surface area (Å²) < 4.78 is 0. The van der Waals surface area contributed by atoms with Gasteiger partial charge in [-0.25, -0.2) is 4.98 Å². The second kappa shape index (κ2) is 6.35. The summed E-state index contributed by atoms with van der Waals surface area (Å²) in [4.78, 5) is 15.7. The van der Waals surface area contributed by atoms with Crippen LogP contribution in [0.3, 0.4) is 0 Å². The molecule has 1 heterocycles. The molecule has 112 valence electrons. The zero-order valence-electron chi connectivity index (χ0n) is 12.2. The van der Waals surface area contributed by atoms with Gasteiger partial charge in [-0.2, -0.15) is 11.8 Å². The lowest BCUT2D eigenvalue weighted by Gasteiger charge is -2.16. The van der Waals surface area contributed by atoms with Gasteiger partial charge in [0.15, 0.2) is 5.13 Å². The van der Waals surface area contributed by atoms with Gasteiger partial charge in [0.1, 0.15) is 5.41 Å². The summed E-state index contributed by atoms with van der Waals surface area (Å²) in [5.74, 6) is 0.334. The van der Waals surface area contributed by atoms with Crippen molar-refractivity contribution in [3.8, 4) is 0 Å². The van der Waals surface area contributed by atoms with Crippen LogP contribution in [0.5, 0.6) is 0 Å². The first kappa shape index (κ1) is 15.6. The van der Waals surface area contributed by atoms with Gasteiger partial charge in [-0.3, -0.25) is 4.79 Å². The fraction of sp³-hybridized carbons (Fsp3) is 0.714. The highest BCUT2D eigenvalue weighted by atomic mass is 32.2. The number of hydrogen-bond acceptors (Lipinski definition) is 5. The van der Waals surface area contributed by atoms with E-state index in [0.717, 1.165) is 10.4 Å². The zero-order chi connectivity index (χ0) is 14.8. The number of carboxylic acids is 1. The maximum Gasteiger partial charge on any atom is 0.315 e. The maximum absolute atomic E-state index is 11.2. The van der Waals surface area contributed by atoms with E-state index in [1.165, 1.54) is 36.4 Å². The lowest BCUT2D eigenvalue weighted by Crippen LogP contribution is -2.29. The topological polar surface area (TPSA) is 62.2 Å². The summed E-state index contributed by atoms with van der Waals surface area (Å²) in [6.45, 7) is 5.59. The Labute approximate surface area is 128 Å². The molecule has 0 saturated heterocycles. The highest BCUT2D eigenvalue weighted by Gasteiger charge is 2.32. The number of thioether (sulfide) groups is 1. The number of carboxylic acid groups (broad SMARTS) is 1. The number of anilines is 1. The van der Waals surface area contributed by atoms with Crippen LogP contribution in [-0.4, -0.2) is 33.1 Å². The second-order valence-electron chi connectivity index (χ2n) is 5.70. The van der Waals surface area contributed by atoms with Crippen molar-refractivity contribution in [2.75, 3.05) is 11.1 Å². The number of nitrogens with zero attached hydrogens (tertiary/aromatic N) is 1. The molecule has 1 fully saturated rings. The van der Waals surface area contributed by atoms with Crippen molar-refractivity contribution in [3.05, 3.63) is 11.1 Å². The monoisotopic (exact) mass is 314 g/mol. The minimum Gasteiger partial charge on any atom is -0.481 e. The summed E-state index contributed by atoms with van der Waals surface area (Å²) in [6, 6.07) is 0.478. The number of nitrogens with one attached hydrogen (secondary N) is 1. The number of aromatic nitrogens is 1. The summed E-state index contributed by atoms with van der Waals surface area (Å²) in [7, 11) is 0. The van der Waals surface area contributed by atoms with Crippen molar-refractivity contribution in [1.82, 2.24) is 4.98 Å². The Bertz CT molecular complexity index is 473. The predicted molar refractivity (Wildman–Crippen MR) is 86.0 cm³/mol. The molecule has 1 aliphatic rings. The minimum atomic E-state index is -0.924. The van der Waals surface area contributed by atoms with E-state index in [1.54, 1.807) is 13.8 Å². The fourth-order valence-electron chi connectivity index (χ4n) is 2.37. The van der Waals surface area contributed by atoms with E-state index in [4.69, 9.17) is 0 Å². The van der Waals surface area contributed by atoms with Gasteiger partial charge in [-0.1, -0.05) is 6.92 Å². The highest BCUT2D eigenvalue weighted by molar-refractivity contribution is 7.99. The molecule has 20 heavy (non-hydrogen) atoms. The molecule has 0 aromatic carbocycles. The van der Waals surface area contributed by atoms with Gasteiger partial charge < -0.3 is 10.4 Å². The number of thiazole rings is 1. The molecule has 1 aromatic heterocycles. The van der Waals surface area contributed by atoms with Crippen LogP contribution >= 0.6 is 23.1 Å². The van der Waals surface area contributed by atoms with E-state index in [0.29, 0.717) is 11.7 Å². The lowest BCUT2D eigenvalue weighted by molar-refractivity contribution is -0.142. The van der Waals surface area contributed by atoms with Crippen molar-refractivity contribution in [3.63, 3.8) is 0 Å². The standard InChI is InChI=1S/C14H22N2O2S2/c1-4-19-10-6-5-9(7-10)15-13-16-11(8-20-13)14(2,3)12(17)18/h8-10H,4-7H2,1-3H3,(H,15,16)(H,17,18). The van der Waals surface area contributed by atoms with Gasteiger partial charge in [0.05, 0.1) is 5.69 Å². The smallest absolute Gasteiger partial charge is 0.315 e. The van der Waals surface area contributed by atoms with Gasteiger partial charge in [0.25, 0.3) is 0 Å². The first-order valence-electron chi connectivity index (χ1n) is 7.01. The maximum atomic E-state index is 11.2. The number of rotatable bonds is 6. The van der Waals surface area contributed by atoms with Crippen molar-refractivity contribution < 1.29 is 9.90 Å². The molecule has 2 atom stereocenters. The molecule has 0 aliphatic heterocycles. The Hall–Kier alpha value is -0.750. The molecule has 2 N–H and O–H groups in total. The summed E-state index contributed by atoms with van der Waals surface area (Å²) in [5.41, 5.74) is -0.290. The third-order valence-electron chi connectivity index (χ3n) is 3.79. The molecule has 6 heteroatoms. The molecular weight excluding hydrogens is 292 g/mol. The van der Waals surface area contributed by atoms with Gasteiger partial charge in [0, 0.05) is 16.7 Å². The number of hydrogen-bond donors (Lipinski definition) is 2. The number of carbonyl (C=O) groups is 1. The molecule has 0 amide bonds. The third-order valence-corrected chi connectivity index (χ3v) is 5.80. The van der Waals surface area contributed by atoms with E-state index < -0.39 is 11.4 Å². The van der Waals surface area contributed by atoms with Crippen LogP contribution in [0.2, 0.25) is 0 Å². The molecular formula is C14H22N2O2S2. The largest absolute Gasteiger partial charge is 0.481 e. The Balaban J connectivity index is 1.96. The average Bonchev–Trinajstić information content (AvgIpc) is 3.00. The van der Waals surface area contributed by atoms with E-state index in [9.17, 15) is 9.90 Å². The summed E-state index contributed by atoms with van der Waals surface area (Å²) in [5, 5.41) is 16.1. The molecule has 0 bridgehead atoms. The van der Waals surface area contributed by atoms with Gasteiger partial charge in [0.2, 0.25) is 0 Å². The normalized spacial score (nSPS) is 22.9. The third kappa shape index (κ3) is 3.47. The van der Waals surface area contributed by atoms with Crippen LogP contribution in [0.1, 0.15) is 45.7 Å². The molecule has 0 radical (unpaired) electrons. The summed E-state index contributed by atoms with van der Waals surface area (Å²) in [6.07, 6.45) is 3.61. The average molecular weight is 314 g/mol. The van der Waals surface area contributed by atoms with Gasteiger partial charge >= 0.3 is 5.97 Å². The first-order chi connectivity index (χ1) is 9.43. The van der Waals surface area contributed by atoms with Crippen LogP contribution in [0.25, 0.3) is 0 Å². The Morgan fingerprint density at radius 3 is 3.00 bits per heavy atom. The van der Waals surface area contributed by atoms with E-state index in [-0.39, 0.29) is 0 Å². The van der Waals surface area contributed by atoms with Gasteiger partial charge in [-0.05, 0) is 38.9 Å². The van der Waals surface area contributed by atoms with E-state index in [2.05, 4.69) is 17.2 Å². The van der Waals surface area contributed by atoms with Crippen molar-refractivity contribution in [1.29, 1.82) is 0 Å². The van der Waals surface area contributed by atoms with Crippen LogP contribution in [0.15, 0.2) is 5.38 Å². The molecule has 1 aromatic rings. The Morgan fingerprint density at radius 2 is 2.35 bits per heavy atom. The van der Waals surface area contributed by atoms with Gasteiger partial charge in [-0.15, -0.1) is 11.3 Å². The number of aliphatic carboxylic acids is 1. The van der Waals surface area contributed by atoms with Crippen LogP contribution in [-0.2, 0) is 10.2 Å². The molecule has 1 aliphatic carbocycles. The molecule has 2 unspecified atom stereocenters. The predicted octanol–water partition coefficient (Wildman–Crippen LogP) is 3.59. The first-order valence-corrected chi connectivity index (χ1v) is 8.94. The van der Waals surface area contributed by atoms with Crippen LogP contribution < -0.4 is 5.32 Å². The lowest BCUT2D eigenvalue weighted by atomic mass is 9.90. The minimum absolute atomic E-state index is 0.478. The van der Waals surface area contributed by atoms with E-state index >= 15 is 0 Å².